The van der Waals surface area contributed by atoms with Gasteiger partial charge in [-0.05, 0) is 67.7 Å². The fourth-order valence-electron chi connectivity index (χ4n) is 4.98. The highest BCUT2D eigenvalue weighted by molar-refractivity contribution is 5.77. The van der Waals surface area contributed by atoms with Crippen LogP contribution in [0.2, 0.25) is 0 Å². The van der Waals surface area contributed by atoms with E-state index in [1.807, 2.05) is 12.1 Å². The highest BCUT2D eigenvalue weighted by Crippen LogP contribution is 2.32. The third-order valence-electron chi connectivity index (χ3n) is 6.91. The third-order valence-corrected chi connectivity index (χ3v) is 6.91. The molecule has 1 atom stereocenters. The number of amides is 3. The summed E-state index contributed by atoms with van der Waals surface area (Å²) in [6.07, 6.45) is 6.11. The van der Waals surface area contributed by atoms with E-state index in [-0.39, 0.29) is 23.9 Å². The van der Waals surface area contributed by atoms with Gasteiger partial charge in [-0.1, -0.05) is 42.5 Å². The van der Waals surface area contributed by atoms with Crippen molar-refractivity contribution in [2.24, 2.45) is 11.7 Å². The number of piperidine rings is 1. The quantitative estimate of drug-likeness (QED) is 0.644. The average Bonchev–Trinajstić information content (AvgIpc) is 2.84. The van der Waals surface area contributed by atoms with Crippen LogP contribution in [0.4, 0.5) is 10.5 Å². The molecule has 1 aliphatic heterocycles. The van der Waals surface area contributed by atoms with Crippen molar-refractivity contribution in [2.45, 2.75) is 57.0 Å². The van der Waals surface area contributed by atoms with E-state index in [0.29, 0.717) is 19.0 Å². The second-order valence-corrected chi connectivity index (χ2v) is 9.14. The molecule has 0 radical (unpaired) electrons. The lowest BCUT2D eigenvalue weighted by Crippen LogP contribution is -2.43. The van der Waals surface area contributed by atoms with E-state index in [1.54, 1.807) is 0 Å². The summed E-state index contributed by atoms with van der Waals surface area (Å²) in [6, 6.07) is 19.0. The molecule has 4 N–H and O–H groups in total. The molecule has 4 rings (SSSR count). The van der Waals surface area contributed by atoms with Gasteiger partial charge in [0.1, 0.15) is 0 Å². The first-order chi connectivity index (χ1) is 15.6. The lowest BCUT2D eigenvalue weighted by molar-refractivity contribution is -0.122. The van der Waals surface area contributed by atoms with Crippen molar-refractivity contribution in [1.82, 2.24) is 10.6 Å². The van der Waals surface area contributed by atoms with Crippen molar-refractivity contribution >= 4 is 17.6 Å². The number of primary amides is 1. The molecule has 3 amide bonds. The van der Waals surface area contributed by atoms with Crippen LogP contribution in [-0.4, -0.2) is 31.1 Å². The smallest absolute Gasteiger partial charge is 0.315 e. The van der Waals surface area contributed by atoms with E-state index in [2.05, 4.69) is 58.0 Å². The average molecular weight is 435 g/mol. The Kier molecular flexibility index (Phi) is 7.30. The van der Waals surface area contributed by atoms with Crippen LogP contribution in [0.3, 0.4) is 0 Å². The molecule has 0 aromatic heterocycles. The molecule has 6 heteroatoms. The maximum absolute atomic E-state index is 12.4. The molecule has 170 valence electrons. The maximum Gasteiger partial charge on any atom is 0.315 e. The predicted octanol–water partition coefficient (Wildman–Crippen LogP) is 3.91. The summed E-state index contributed by atoms with van der Waals surface area (Å²) >= 11 is 0. The van der Waals surface area contributed by atoms with Crippen LogP contribution in [0.15, 0.2) is 54.6 Å². The van der Waals surface area contributed by atoms with Crippen molar-refractivity contribution in [2.75, 3.05) is 18.0 Å². The number of rotatable bonds is 6. The Bertz CT molecular complexity index is 892. The second kappa shape index (κ2) is 10.5. The van der Waals surface area contributed by atoms with E-state index < -0.39 is 0 Å². The van der Waals surface area contributed by atoms with E-state index in [4.69, 9.17) is 5.73 Å². The van der Waals surface area contributed by atoms with Crippen molar-refractivity contribution < 1.29 is 9.59 Å². The van der Waals surface area contributed by atoms with Gasteiger partial charge < -0.3 is 21.3 Å². The van der Waals surface area contributed by atoms with Gasteiger partial charge in [0, 0.05) is 31.4 Å². The fraction of sp³-hybridized carbons (Fsp3) is 0.462. The largest absolute Gasteiger partial charge is 0.371 e. The van der Waals surface area contributed by atoms with Crippen molar-refractivity contribution in [3.8, 4) is 0 Å². The number of anilines is 1. The van der Waals surface area contributed by atoms with E-state index in [9.17, 15) is 9.59 Å². The molecule has 0 bridgehead atoms. The van der Waals surface area contributed by atoms with Gasteiger partial charge in [-0.3, -0.25) is 4.79 Å². The molecule has 1 aliphatic carbocycles. The van der Waals surface area contributed by atoms with Crippen LogP contribution >= 0.6 is 0 Å². The minimum absolute atomic E-state index is 0.0726. The summed E-state index contributed by atoms with van der Waals surface area (Å²) in [5.41, 5.74) is 9.05. The molecule has 32 heavy (non-hydrogen) atoms. The molecular formula is C26H34N4O2. The van der Waals surface area contributed by atoms with Gasteiger partial charge >= 0.3 is 6.03 Å². The molecule has 1 heterocycles. The molecule has 1 saturated heterocycles. The van der Waals surface area contributed by atoms with Crippen molar-refractivity contribution in [1.29, 1.82) is 0 Å². The van der Waals surface area contributed by atoms with Gasteiger partial charge in [-0.25, -0.2) is 4.79 Å². The van der Waals surface area contributed by atoms with E-state index in [1.165, 1.54) is 5.56 Å². The summed E-state index contributed by atoms with van der Waals surface area (Å²) in [6.45, 7) is 2.12. The highest BCUT2D eigenvalue weighted by Gasteiger charge is 2.25. The zero-order chi connectivity index (χ0) is 22.3. The number of carbonyl (C=O) groups is 2. The number of hydrogen-bond acceptors (Lipinski definition) is 3. The van der Waals surface area contributed by atoms with Gasteiger partial charge in [0.05, 0.1) is 5.92 Å². The molecule has 2 fully saturated rings. The monoisotopic (exact) mass is 434 g/mol. The van der Waals surface area contributed by atoms with Crippen LogP contribution in [0.1, 0.15) is 55.6 Å². The van der Waals surface area contributed by atoms with Crippen LogP contribution in [0.25, 0.3) is 0 Å². The number of urea groups is 1. The summed E-state index contributed by atoms with van der Waals surface area (Å²) < 4.78 is 0. The molecule has 0 spiro atoms. The molecule has 1 saturated carbocycles. The number of nitrogens with one attached hydrogen (secondary N) is 2. The number of benzene rings is 2. The Balaban J connectivity index is 1.20. The second-order valence-electron chi connectivity index (χ2n) is 9.14. The van der Waals surface area contributed by atoms with Crippen molar-refractivity contribution in [3.63, 3.8) is 0 Å². The lowest BCUT2D eigenvalue weighted by atomic mass is 9.82. The zero-order valence-electron chi connectivity index (χ0n) is 18.6. The van der Waals surface area contributed by atoms with Crippen molar-refractivity contribution in [3.05, 3.63) is 65.7 Å². The standard InChI is InChI=1S/C26H34N4O2/c27-25(31)22-7-4-16-30(18-22)24-14-8-19(9-15-24)17-28-26(32)29-23-12-10-21(11-13-23)20-5-2-1-3-6-20/h1-3,5-6,8-9,14-15,21-23H,4,7,10-13,16-18H2,(H2,27,31)(H2,28,29,32)/t21?,22-,23?/m0/s1. The Labute approximate surface area is 190 Å². The van der Waals surface area contributed by atoms with E-state index in [0.717, 1.165) is 56.3 Å². The van der Waals surface area contributed by atoms with Gasteiger partial charge in [0.2, 0.25) is 5.91 Å². The Hall–Kier alpha value is -3.02. The SMILES string of the molecule is NC(=O)[C@H]1CCCN(c2ccc(CNC(=O)NC3CCC(c4ccccc4)CC3)cc2)C1. The topological polar surface area (TPSA) is 87.5 Å². The first-order valence-electron chi connectivity index (χ1n) is 11.8. The summed E-state index contributed by atoms with van der Waals surface area (Å²) in [5, 5.41) is 6.12. The highest BCUT2D eigenvalue weighted by atomic mass is 16.2. The van der Waals surface area contributed by atoms with Crippen LogP contribution in [-0.2, 0) is 11.3 Å². The molecule has 2 aliphatic rings. The van der Waals surface area contributed by atoms with Crippen LogP contribution in [0, 0.1) is 5.92 Å². The Morgan fingerprint density at radius 1 is 0.938 bits per heavy atom. The number of carbonyl (C=O) groups excluding carboxylic acids is 2. The maximum atomic E-state index is 12.4. The summed E-state index contributed by atoms with van der Waals surface area (Å²) in [5.74, 6) is 0.320. The first-order valence-corrected chi connectivity index (χ1v) is 11.8. The minimum Gasteiger partial charge on any atom is -0.371 e. The lowest BCUT2D eigenvalue weighted by Gasteiger charge is -2.33. The first kappa shape index (κ1) is 22.2. The van der Waals surface area contributed by atoms with Gasteiger partial charge in [-0.2, -0.15) is 0 Å². The summed E-state index contributed by atoms with van der Waals surface area (Å²) in [7, 11) is 0. The zero-order valence-corrected chi connectivity index (χ0v) is 18.6. The van der Waals surface area contributed by atoms with Gasteiger partial charge in [0.25, 0.3) is 0 Å². The fourth-order valence-corrected chi connectivity index (χ4v) is 4.98. The van der Waals surface area contributed by atoms with Gasteiger partial charge in [0.15, 0.2) is 0 Å². The summed E-state index contributed by atoms with van der Waals surface area (Å²) in [4.78, 5) is 26.1. The molecule has 2 aromatic rings. The van der Waals surface area contributed by atoms with Gasteiger partial charge in [-0.15, -0.1) is 0 Å². The van der Waals surface area contributed by atoms with Crippen LogP contribution < -0.4 is 21.3 Å². The van der Waals surface area contributed by atoms with Crippen LogP contribution in [0.5, 0.6) is 0 Å². The van der Waals surface area contributed by atoms with E-state index >= 15 is 0 Å². The molecule has 6 nitrogen and oxygen atoms in total. The Morgan fingerprint density at radius 3 is 2.34 bits per heavy atom. The number of nitrogens with zero attached hydrogens (tertiary/aromatic N) is 1. The third kappa shape index (κ3) is 5.81. The molecular weight excluding hydrogens is 400 g/mol. The molecule has 2 aromatic carbocycles. The number of nitrogens with two attached hydrogens (primary N) is 1. The normalized spacial score (nSPS) is 23.4. The predicted molar refractivity (Wildman–Crippen MR) is 127 cm³/mol. The molecule has 0 unspecified atom stereocenters. The minimum atomic E-state index is -0.213. The Morgan fingerprint density at radius 2 is 1.66 bits per heavy atom. The number of hydrogen-bond donors (Lipinski definition) is 3.